The maximum absolute atomic E-state index is 12.5. The molecule has 4 aromatic rings. The topological polar surface area (TPSA) is 84.5 Å². The Hall–Kier alpha value is -4.11. The first-order valence-electron chi connectivity index (χ1n) is 8.22. The highest BCUT2D eigenvalue weighted by molar-refractivity contribution is 6.04. The molecule has 27 heavy (non-hydrogen) atoms. The lowest BCUT2D eigenvalue weighted by molar-refractivity contribution is 0.102. The second-order valence-corrected chi connectivity index (χ2v) is 5.75. The quantitative estimate of drug-likeness (QED) is 0.526. The van der Waals surface area contributed by atoms with Crippen LogP contribution in [0.5, 0.6) is 0 Å². The summed E-state index contributed by atoms with van der Waals surface area (Å²) < 4.78 is 1.67. The summed E-state index contributed by atoms with van der Waals surface area (Å²) in [5.41, 5.74) is 3.15. The fourth-order valence-corrected chi connectivity index (χ4v) is 2.83. The first-order chi connectivity index (χ1) is 13.3. The van der Waals surface area contributed by atoms with Crippen LogP contribution in [0.15, 0.2) is 79.5 Å². The van der Waals surface area contributed by atoms with E-state index in [2.05, 4.69) is 21.0 Å². The van der Waals surface area contributed by atoms with Gasteiger partial charge in [-0.3, -0.25) is 4.79 Å². The fourth-order valence-electron chi connectivity index (χ4n) is 2.83. The van der Waals surface area contributed by atoms with E-state index in [1.54, 1.807) is 16.8 Å². The number of rotatable bonds is 4. The molecule has 0 saturated heterocycles. The third-order valence-corrected chi connectivity index (χ3v) is 4.10. The zero-order chi connectivity index (χ0) is 18.6. The second kappa shape index (κ2) is 7.02. The number of hydrogen-bond donors (Lipinski definition) is 0. The normalized spacial score (nSPS) is 10.3. The van der Waals surface area contributed by atoms with Gasteiger partial charge in [0.2, 0.25) is 11.6 Å². The van der Waals surface area contributed by atoms with E-state index in [0.717, 1.165) is 11.1 Å². The van der Waals surface area contributed by atoms with Gasteiger partial charge in [-0.2, -0.15) is 5.26 Å². The van der Waals surface area contributed by atoms with Gasteiger partial charge in [-0.1, -0.05) is 42.5 Å². The highest BCUT2D eigenvalue weighted by Gasteiger charge is 2.17. The zero-order valence-corrected chi connectivity index (χ0v) is 14.1. The minimum absolute atomic E-state index is 0.0845. The standard InChI is InChI=1S/C21H13N5O/c22-12-17-16(15-6-2-1-3-7-15)8-4-9-19(17)26-13-18(25-14-26)20(27)21-23-10-5-11-24-21/h1-11,13-14H. The summed E-state index contributed by atoms with van der Waals surface area (Å²) in [4.78, 5) is 24.6. The van der Waals surface area contributed by atoms with E-state index in [-0.39, 0.29) is 17.3 Å². The summed E-state index contributed by atoms with van der Waals surface area (Å²) in [7, 11) is 0. The van der Waals surface area contributed by atoms with Gasteiger partial charge in [-0.25, -0.2) is 15.0 Å². The number of aromatic nitrogens is 4. The van der Waals surface area contributed by atoms with Crippen molar-refractivity contribution in [2.45, 2.75) is 0 Å². The van der Waals surface area contributed by atoms with Crippen molar-refractivity contribution < 1.29 is 4.79 Å². The van der Waals surface area contributed by atoms with Crippen LogP contribution in [0.3, 0.4) is 0 Å². The monoisotopic (exact) mass is 351 g/mol. The Morgan fingerprint density at radius 2 is 1.70 bits per heavy atom. The van der Waals surface area contributed by atoms with Gasteiger partial charge in [0.15, 0.2) is 0 Å². The van der Waals surface area contributed by atoms with E-state index >= 15 is 0 Å². The molecule has 0 spiro atoms. The summed E-state index contributed by atoms with van der Waals surface area (Å²) in [6.45, 7) is 0. The maximum atomic E-state index is 12.5. The molecule has 0 saturated carbocycles. The number of nitriles is 1. The second-order valence-electron chi connectivity index (χ2n) is 5.75. The molecule has 2 heterocycles. The molecule has 6 nitrogen and oxygen atoms in total. The number of imidazole rings is 1. The number of nitrogens with zero attached hydrogens (tertiary/aromatic N) is 5. The van der Waals surface area contributed by atoms with Crippen LogP contribution in [0.4, 0.5) is 0 Å². The minimum Gasteiger partial charge on any atom is -0.304 e. The third-order valence-electron chi connectivity index (χ3n) is 4.10. The molecule has 6 heteroatoms. The van der Waals surface area contributed by atoms with Crippen LogP contribution < -0.4 is 0 Å². The van der Waals surface area contributed by atoms with Crippen LogP contribution in [0.1, 0.15) is 21.9 Å². The number of carbonyl (C=O) groups is 1. The van der Waals surface area contributed by atoms with Gasteiger partial charge >= 0.3 is 0 Å². The van der Waals surface area contributed by atoms with E-state index in [1.165, 1.54) is 18.7 Å². The van der Waals surface area contributed by atoms with E-state index < -0.39 is 0 Å². The van der Waals surface area contributed by atoms with Crippen molar-refractivity contribution in [1.29, 1.82) is 5.26 Å². The van der Waals surface area contributed by atoms with Gasteiger partial charge in [0.1, 0.15) is 18.1 Å². The molecule has 0 aliphatic heterocycles. The molecule has 0 bridgehead atoms. The number of ketones is 1. The van der Waals surface area contributed by atoms with Crippen LogP contribution in [-0.2, 0) is 0 Å². The summed E-state index contributed by atoms with van der Waals surface area (Å²) >= 11 is 0. The number of carbonyl (C=O) groups excluding carboxylic acids is 1. The van der Waals surface area contributed by atoms with E-state index in [0.29, 0.717) is 11.3 Å². The van der Waals surface area contributed by atoms with Crippen LogP contribution in [-0.4, -0.2) is 25.3 Å². The summed E-state index contributed by atoms with van der Waals surface area (Å²) in [5, 5.41) is 9.75. The molecule has 0 atom stereocenters. The Balaban J connectivity index is 1.76. The average Bonchev–Trinajstić information content (AvgIpc) is 3.24. The smallest absolute Gasteiger partial charge is 0.250 e. The number of benzene rings is 2. The number of hydrogen-bond acceptors (Lipinski definition) is 5. The highest BCUT2D eigenvalue weighted by atomic mass is 16.1. The van der Waals surface area contributed by atoms with E-state index in [9.17, 15) is 10.1 Å². The van der Waals surface area contributed by atoms with Crippen LogP contribution in [0, 0.1) is 11.3 Å². The van der Waals surface area contributed by atoms with E-state index in [1.807, 2.05) is 48.5 Å². The minimum atomic E-state index is -0.368. The predicted molar refractivity (Wildman–Crippen MR) is 99.2 cm³/mol. The Labute approximate surface area is 155 Å². The lowest BCUT2D eigenvalue weighted by atomic mass is 9.99. The van der Waals surface area contributed by atoms with Crippen molar-refractivity contribution in [3.8, 4) is 22.9 Å². The summed E-state index contributed by atoms with van der Waals surface area (Å²) in [6, 6.07) is 19.2. The van der Waals surface area contributed by atoms with Gasteiger partial charge in [-0.05, 0) is 17.7 Å². The molecule has 4 rings (SSSR count). The summed E-state index contributed by atoms with van der Waals surface area (Å²) in [5.74, 6) is -0.284. The van der Waals surface area contributed by atoms with E-state index in [4.69, 9.17) is 0 Å². The molecular weight excluding hydrogens is 338 g/mol. The zero-order valence-electron chi connectivity index (χ0n) is 14.1. The molecule has 128 valence electrons. The molecule has 0 N–H and O–H groups in total. The molecule has 0 unspecified atom stereocenters. The van der Waals surface area contributed by atoms with Crippen LogP contribution in [0.25, 0.3) is 16.8 Å². The Morgan fingerprint density at radius 1 is 0.926 bits per heavy atom. The third kappa shape index (κ3) is 3.10. The van der Waals surface area contributed by atoms with Crippen molar-refractivity contribution in [3.05, 3.63) is 96.6 Å². The first-order valence-corrected chi connectivity index (χ1v) is 8.22. The predicted octanol–water partition coefficient (Wildman–Crippen LogP) is 3.43. The molecule has 0 amide bonds. The van der Waals surface area contributed by atoms with Gasteiger partial charge in [0, 0.05) is 24.2 Å². The van der Waals surface area contributed by atoms with Crippen molar-refractivity contribution in [2.75, 3.05) is 0 Å². The van der Waals surface area contributed by atoms with Crippen molar-refractivity contribution >= 4 is 5.78 Å². The average molecular weight is 351 g/mol. The molecule has 0 radical (unpaired) electrons. The van der Waals surface area contributed by atoms with Gasteiger partial charge in [0.25, 0.3) is 0 Å². The largest absolute Gasteiger partial charge is 0.304 e. The van der Waals surface area contributed by atoms with Crippen molar-refractivity contribution in [2.24, 2.45) is 0 Å². The van der Waals surface area contributed by atoms with Crippen LogP contribution in [0.2, 0.25) is 0 Å². The lowest BCUT2D eigenvalue weighted by Crippen LogP contribution is -2.06. The van der Waals surface area contributed by atoms with Crippen LogP contribution >= 0.6 is 0 Å². The molecule has 2 aromatic carbocycles. The Kier molecular flexibility index (Phi) is 4.25. The fraction of sp³-hybridized carbons (Fsp3) is 0. The maximum Gasteiger partial charge on any atom is 0.250 e. The Bertz CT molecular complexity index is 1140. The van der Waals surface area contributed by atoms with Crippen molar-refractivity contribution in [1.82, 2.24) is 19.5 Å². The Morgan fingerprint density at radius 3 is 2.44 bits per heavy atom. The van der Waals surface area contributed by atoms with Gasteiger partial charge in [-0.15, -0.1) is 0 Å². The molecule has 2 aromatic heterocycles. The SMILES string of the molecule is N#Cc1c(-c2ccccc2)cccc1-n1cnc(C(=O)c2ncccn2)c1. The molecule has 0 aliphatic carbocycles. The summed E-state index contributed by atoms with van der Waals surface area (Å²) in [6.07, 6.45) is 6.12. The molecular formula is C21H13N5O. The van der Waals surface area contributed by atoms with Crippen molar-refractivity contribution in [3.63, 3.8) is 0 Å². The molecule has 0 aliphatic rings. The van der Waals surface area contributed by atoms with Gasteiger partial charge in [0.05, 0.1) is 11.3 Å². The van der Waals surface area contributed by atoms with Gasteiger partial charge < -0.3 is 4.57 Å². The highest BCUT2D eigenvalue weighted by Crippen LogP contribution is 2.28. The molecule has 0 fully saturated rings. The first kappa shape index (κ1) is 16.4. The lowest BCUT2D eigenvalue weighted by Gasteiger charge is -2.10.